The molecule has 0 N–H and O–H groups in total. The van der Waals surface area contributed by atoms with Gasteiger partial charge in [-0.2, -0.15) is 0 Å². The first-order valence-electron chi connectivity index (χ1n) is 22.3. The van der Waals surface area contributed by atoms with E-state index in [1.54, 1.807) is 0 Å². The van der Waals surface area contributed by atoms with Crippen molar-refractivity contribution in [3.05, 3.63) is 218 Å². The number of aromatic nitrogens is 4. The molecule has 0 aliphatic heterocycles. The Balaban J connectivity index is 0.992. The molecule has 5 aromatic heterocycles. The van der Waals surface area contributed by atoms with Crippen LogP contribution in [0.5, 0.6) is 0 Å². The molecular formula is C60H36N4O. The maximum absolute atomic E-state index is 7.36. The van der Waals surface area contributed by atoms with Crippen LogP contribution in [0, 0.1) is 0 Å². The van der Waals surface area contributed by atoms with Gasteiger partial charge in [0, 0.05) is 59.5 Å². The first kappa shape index (κ1) is 34.7. The Labute approximate surface area is 371 Å². The first-order chi connectivity index (χ1) is 32.3. The number of benzene rings is 10. The molecular weight excluding hydrogens is 793 g/mol. The van der Waals surface area contributed by atoms with Crippen molar-refractivity contribution in [1.29, 1.82) is 0 Å². The van der Waals surface area contributed by atoms with Crippen LogP contribution in [0.2, 0.25) is 0 Å². The average molecular weight is 829 g/mol. The molecule has 302 valence electrons. The van der Waals surface area contributed by atoms with Gasteiger partial charge in [0.2, 0.25) is 0 Å². The quantitative estimate of drug-likeness (QED) is 0.174. The van der Waals surface area contributed by atoms with Crippen LogP contribution in [-0.2, 0) is 0 Å². The first-order valence-corrected chi connectivity index (χ1v) is 22.3. The Hall–Kier alpha value is -8.80. The lowest BCUT2D eigenvalue weighted by atomic mass is 10.1. The molecule has 10 aromatic carbocycles. The Morgan fingerprint density at radius 1 is 0.231 bits per heavy atom. The summed E-state index contributed by atoms with van der Waals surface area (Å²) in [5.74, 6) is 0. The van der Waals surface area contributed by atoms with Gasteiger partial charge in [-0.1, -0.05) is 146 Å². The SMILES string of the molecule is c1cc(-n2c3ccccc3c3cc(-n4c5ccccc5c5ccccc54)ccc32)c2oc3c(-n4c5ccccc5c5cccc(-n6c7ccccc7c7ccccc76)c54)cccc3c2c1. The van der Waals surface area contributed by atoms with Gasteiger partial charge in [0.15, 0.2) is 11.2 Å². The van der Waals surface area contributed by atoms with E-state index >= 15 is 0 Å². The Morgan fingerprint density at radius 2 is 0.569 bits per heavy atom. The summed E-state index contributed by atoms with van der Waals surface area (Å²) in [4.78, 5) is 0. The number of hydrogen-bond donors (Lipinski definition) is 0. The lowest BCUT2D eigenvalue weighted by Crippen LogP contribution is -2.00. The van der Waals surface area contributed by atoms with Crippen molar-refractivity contribution in [2.24, 2.45) is 0 Å². The molecule has 5 heterocycles. The maximum Gasteiger partial charge on any atom is 0.159 e. The number of furan rings is 1. The van der Waals surface area contributed by atoms with Crippen molar-refractivity contribution in [1.82, 2.24) is 18.3 Å². The minimum absolute atomic E-state index is 0.851. The van der Waals surface area contributed by atoms with Crippen LogP contribution in [-0.4, -0.2) is 18.3 Å². The molecule has 0 saturated carbocycles. The van der Waals surface area contributed by atoms with E-state index in [-0.39, 0.29) is 0 Å². The molecule has 0 aliphatic carbocycles. The highest BCUT2D eigenvalue weighted by atomic mass is 16.3. The summed E-state index contributed by atoms with van der Waals surface area (Å²) in [6.07, 6.45) is 0. The smallest absolute Gasteiger partial charge is 0.159 e. The van der Waals surface area contributed by atoms with Gasteiger partial charge in [-0.05, 0) is 72.8 Å². The van der Waals surface area contributed by atoms with Crippen molar-refractivity contribution in [3.8, 4) is 22.7 Å². The number of rotatable bonds is 4. The molecule has 5 heteroatoms. The second kappa shape index (κ2) is 12.9. The molecule has 15 rings (SSSR count). The molecule has 0 radical (unpaired) electrons. The van der Waals surface area contributed by atoms with Gasteiger partial charge < -0.3 is 22.7 Å². The summed E-state index contributed by atoms with van der Waals surface area (Å²) < 4.78 is 17.0. The Kier molecular flexibility index (Phi) is 6.89. The van der Waals surface area contributed by atoms with E-state index in [9.17, 15) is 0 Å². The van der Waals surface area contributed by atoms with Gasteiger partial charge in [0.1, 0.15) is 0 Å². The van der Waals surface area contributed by atoms with Crippen LogP contribution in [0.1, 0.15) is 0 Å². The van der Waals surface area contributed by atoms with Crippen LogP contribution < -0.4 is 0 Å². The lowest BCUT2D eigenvalue weighted by Gasteiger charge is -2.14. The van der Waals surface area contributed by atoms with E-state index in [1.807, 2.05) is 0 Å². The molecule has 0 spiro atoms. The van der Waals surface area contributed by atoms with Crippen LogP contribution in [0.4, 0.5) is 0 Å². The lowest BCUT2D eigenvalue weighted by molar-refractivity contribution is 0.664. The van der Waals surface area contributed by atoms with E-state index in [2.05, 4.69) is 237 Å². The zero-order valence-corrected chi connectivity index (χ0v) is 35.0. The van der Waals surface area contributed by atoms with Crippen LogP contribution in [0.15, 0.2) is 223 Å². The van der Waals surface area contributed by atoms with Crippen molar-refractivity contribution in [2.45, 2.75) is 0 Å². The van der Waals surface area contributed by atoms with E-state index in [0.717, 1.165) is 66.8 Å². The normalized spacial score (nSPS) is 12.3. The summed E-state index contributed by atoms with van der Waals surface area (Å²) in [5.41, 5.74) is 15.3. The van der Waals surface area contributed by atoms with E-state index in [1.165, 1.54) is 65.2 Å². The summed E-state index contributed by atoms with van der Waals surface area (Å²) in [6, 6.07) is 79.3. The average Bonchev–Trinajstić information content (AvgIpc) is 4.17. The molecule has 0 aliphatic rings. The zero-order chi connectivity index (χ0) is 42.3. The third kappa shape index (κ3) is 4.60. The number of nitrogens with zero attached hydrogens (tertiary/aromatic N) is 4. The van der Waals surface area contributed by atoms with E-state index in [4.69, 9.17) is 4.42 Å². The Morgan fingerprint density at radius 3 is 1.08 bits per heavy atom. The van der Waals surface area contributed by atoms with Gasteiger partial charge in [-0.25, -0.2) is 0 Å². The molecule has 5 nitrogen and oxygen atoms in total. The van der Waals surface area contributed by atoms with E-state index in [0.29, 0.717) is 0 Å². The number of para-hydroxylation sites is 9. The predicted molar refractivity (Wildman–Crippen MR) is 271 cm³/mol. The highest BCUT2D eigenvalue weighted by Gasteiger charge is 2.24. The molecule has 0 bridgehead atoms. The fourth-order valence-corrected chi connectivity index (χ4v) is 11.3. The molecule has 0 saturated heterocycles. The molecule has 65 heavy (non-hydrogen) atoms. The van der Waals surface area contributed by atoms with Gasteiger partial charge in [-0.15, -0.1) is 0 Å². The maximum atomic E-state index is 7.36. The second-order valence-electron chi connectivity index (χ2n) is 17.2. The fraction of sp³-hybridized carbons (Fsp3) is 0. The van der Waals surface area contributed by atoms with Crippen molar-refractivity contribution in [2.75, 3.05) is 0 Å². The molecule has 0 atom stereocenters. The van der Waals surface area contributed by atoms with Crippen molar-refractivity contribution >= 4 is 109 Å². The fourth-order valence-electron chi connectivity index (χ4n) is 11.3. The minimum Gasteiger partial charge on any atom is -0.452 e. The topological polar surface area (TPSA) is 32.9 Å². The third-order valence-electron chi connectivity index (χ3n) is 14.0. The summed E-state index contributed by atoms with van der Waals surface area (Å²) in [5, 5.41) is 11.9. The van der Waals surface area contributed by atoms with Crippen molar-refractivity contribution in [3.63, 3.8) is 0 Å². The number of fused-ring (bicyclic) bond motifs is 15. The molecule has 15 aromatic rings. The summed E-state index contributed by atoms with van der Waals surface area (Å²) in [7, 11) is 0. The highest BCUT2D eigenvalue weighted by Crippen LogP contribution is 2.44. The van der Waals surface area contributed by atoms with Gasteiger partial charge >= 0.3 is 0 Å². The molecule has 0 fully saturated rings. The summed E-state index contributed by atoms with van der Waals surface area (Å²) in [6.45, 7) is 0. The van der Waals surface area contributed by atoms with Crippen molar-refractivity contribution < 1.29 is 4.42 Å². The van der Waals surface area contributed by atoms with Crippen LogP contribution >= 0.6 is 0 Å². The zero-order valence-electron chi connectivity index (χ0n) is 35.0. The standard InChI is InChI=1S/C60H36N4O/c1-7-25-48-38(16-1)39-17-2-8-26-49(39)61(48)37-34-35-54-47(36-37)43-21-6-11-29-52(43)63(54)56-32-14-23-45-46-24-15-33-57(60(46)65-59(45)56)64-53-30-12-5-20-42(53)44-22-13-31-55(58(44)64)62-50-27-9-3-18-40(50)41-19-4-10-28-51(41)62/h1-36H. The van der Waals surface area contributed by atoms with Gasteiger partial charge in [0.05, 0.1) is 61.2 Å². The third-order valence-corrected chi connectivity index (χ3v) is 14.0. The van der Waals surface area contributed by atoms with Gasteiger partial charge in [-0.3, -0.25) is 0 Å². The monoisotopic (exact) mass is 828 g/mol. The highest BCUT2D eigenvalue weighted by molar-refractivity contribution is 6.18. The molecule has 0 unspecified atom stereocenters. The number of hydrogen-bond acceptors (Lipinski definition) is 1. The van der Waals surface area contributed by atoms with Gasteiger partial charge in [0.25, 0.3) is 0 Å². The van der Waals surface area contributed by atoms with Crippen LogP contribution in [0.25, 0.3) is 132 Å². The predicted octanol–water partition coefficient (Wildman–Crippen LogP) is 16.0. The second-order valence-corrected chi connectivity index (χ2v) is 17.2. The summed E-state index contributed by atoms with van der Waals surface area (Å²) >= 11 is 0. The minimum atomic E-state index is 0.851. The molecule has 0 amide bonds. The van der Waals surface area contributed by atoms with Crippen LogP contribution in [0.3, 0.4) is 0 Å². The largest absolute Gasteiger partial charge is 0.452 e. The Bertz CT molecular complexity index is 4380. The van der Waals surface area contributed by atoms with E-state index < -0.39 is 0 Å².